The molecule has 7 heteroatoms. The van der Waals surface area contributed by atoms with E-state index in [9.17, 15) is 9.59 Å². The van der Waals surface area contributed by atoms with Crippen LogP contribution < -0.4 is 5.32 Å². The Balaban J connectivity index is 1.86. The van der Waals surface area contributed by atoms with E-state index in [-0.39, 0.29) is 17.6 Å². The maximum absolute atomic E-state index is 13.7. The number of nitrogens with one attached hydrogen (secondary N) is 1. The van der Waals surface area contributed by atoms with Crippen molar-refractivity contribution < 1.29 is 9.59 Å². The first-order valence-electron chi connectivity index (χ1n) is 12.2. The van der Waals surface area contributed by atoms with Crippen LogP contribution in [0.3, 0.4) is 0 Å². The van der Waals surface area contributed by atoms with Gasteiger partial charge in [0.05, 0.1) is 15.8 Å². The molecule has 3 rings (SSSR count). The van der Waals surface area contributed by atoms with E-state index in [0.29, 0.717) is 28.8 Å². The number of carbonyl (C=O) groups is 2. The average molecular weight is 558 g/mol. The molecule has 4 nitrogen and oxygen atoms in total. The van der Waals surface area contributed by atoms with Gasteiger partial charge in [-0.25, -0.2) is 0 Å². The number of halogens is 2. The highest BCUT2D eigenvalue weighted by Crippen LogP contribution is 2.25. The molecule has 1 atom stereocenters. The number of nitrogens with zero attached hydrogens (tertiary/aromatic N) is 1. The summed E-state index contributed by atoms with van der Waals surface area (Å²) in [6.45, 7) is 8.22. The topological polar surface area (TPSA) is 49.4 Å². The molecule has 0 heterocycles. The predicted molar refractivity (Wildman–Crippen MR) is 156 cm³/mol. The molecule has 0 saturated carbocycles. The van der Waals surface area contributed by atoms with Crippen molar-refractivity contribution >= 4 is 46.8 Å². The Morgan fingerprint density at radius 2 is 1.54 bits per heavy atom. The minimum absolute atomic E-state index is 0.0874. The summed E-state index contributed by atoms with van der Waals surface area (Å²) >= 11 is 13.7. The van der Waals surface area contributed by atoms with Crippen molar-refractivity contribution in [3.63, 3.8) is 0 Å². The van der Waals surface area contributed by atoms with Crippen molar-refractivity contribution in [1.29, 1.82) is 0 Å². The summed E-state index contributed by atoms with van der Waals surface area (Å²) in [5, 5.41) is 4.09. The number of thioether (sulfide) groups is 1. The van der Waals surface area contributed by atoms with E-state index in [1.165, 1.54) is 11.8 Å². The van der Waals surface area contributed by atoms with Crippen LogP contribution in [-0.2, 0) is 28.3 Å². The zero-order valence-electron chi connectivity index (χ0n) is 21.8. The summed E-state index contributed by atoms with van der Waals surface area (Å²) < 4.78 is 0. The minimum atomic E-state index is -0.652. The lowest BCUT2D eigenvalue weighted by molar-refractivity contribution is -0.140. The molecule has 3 aromatic rings. The number of hydrogen-bond donors (Lipinski definition) is 1. The van der Waals surface area contributed by atoms with Crippen LogP contribution >= 0.6 is 35.0 Å². The Morgan fingerprint density at radius 1 is 0.892 bits per heavy atom. The van der Waals surface area contributed by atoms with Crippen molar-refractivity contribution in [2.75, 3.05) is 5.75 Å². The molecule has 0 aromatic heterocycles. The van der Waals surface area contributed by atoms with Gasteiger partial charge < -0.3 is 10.2 Å². The quantitative estimate of drug-likeness (QED) is 0.290. The second-order valence-corrected chi connectivity index (χ2v) is 12.0. The van der Waals surface area contributed by atoms with Gasteiger partial charge in [-0.2, -0.15) is 0 Å². The third kappa shape index (κ3) is 9.41. The van der Waals surface area contributed by atoms with Crippen molar-refractivity contribution in [2.24, 2.45) is 0 Å². The lowest BCUT2D eigenvalue weighted by atomic mass is 10.0. The van der Waals surface area contributed by atoms with Crippen LogP contribution in [0.5, 0.6) is 0 Å². The van der Waals surface area contributed by atoms with Gasteiger partial charge >= 0.3 is 0 Å². The highest BCUT2D eigenvalue weighted by molar-refractivity contribution is 7.99. The number of hydrogen-bond acceptors (Lipinski definition) is 3. The number of rotatable bonds is 10. The van der Waals surface area contributed by atoms with E-state index in [2.05, 4.69) is 5.32 Å². The first kappa shape index (κ1) is 29.1. The fourth-order valence-corrected chi connectivity index (χ4v) is 5.04. The first-order valence-corrected chi connectivity index (χ1v) is 14.2. The van der Waals surface area contributed by atoms with E-state index in [1.807, 2.05) is 94.4 Å². The number of carbonyl (C=O) groups excluding carboxylic acids is 2. The largest absolute Gasteiger partial charge is 0.350 e. The van der Waals surface area contributed by atoms with E-state index >= 15 is 0 Å². The molecule has 1 unspecified atom stereocenters. The van der Waals surface area contributed by atoms with Gasteiger partial charge in [0.15, 0.2) is 0 Å². The van der Waals surface area contributed by atoms with Gasteiger partial charge in [-0.1, -0.05) is 89.4 Å². The molecule has 3 aromatic carbocycles. The molecule has 0 fully saturated rings. The number of amides is 2. The second kappa shape index (κ2) is 13.4. The van der Waals surface area contributed by atoms with Crippen molar-refractivity contribution in [2.45, 2.75) is 58.0 Å². The van der Waals surface area contributed by atoms with E-state index in [0.717, 1.165) is 22.3 Å². The van der Waals surface area contributed by atoms with Crippen LogP contribution in [0, 0.1) is 6.92 Å². The summed E-state index contributed by atoms with van der Waals surface area (Å²) in [5.41, 5.74) is 3.69. The molecule has 0 aliphatic rings. The zero-order chi connectivity index (χ0) is 27.0. The van der Waals surface area contributed by atoms with Gasteiger partial charge in [-0.15, -0.1) is 11.8 Å². The molecule has 0 aliphatic carbocycles. The normalized spacial score (nSPS) is 12.2. The van der Waals surface area contributed by atoms with Crippen LogP contribution in [0.15, 0.2) is 72.8 Å². The predicted octanol–water partition coefficient (Wildman–Crippen LogP) is 7.09. The lowest BCUT2D eigenvalue weighted by Gasteiger charge is -2.34. The first-order chi connectivity index (χ1) is 17.5. The van der Waals surface area contributed by atoms with Gasteiger partial charge in [-0.3, -0.25) is 9.59 Å². The molecule has 196 valence electrons. The number of aryl methyl sites for hydroxylation is 1. The summed E-state index contributed by atoms with van der Waals surface area (Å²) in [7, 11) is 0. The minimum Gasteiger partial charge on any atom is -0.350 e. The van der Waals surface area contributed by atoms with Gasteiger partial charge in [-0.05, 0) is 56.5 Å². The summed E-state index contributed by atoms with van der Waals surface area (Å²) in [6, 6.07) is 22.7. The Bertz CT molecular complexity index is 1190. The summed E-state index contributed by atoms with van der Waals surface area (Å²) in [6.07, 6.45) is 0.428. The Labute approximate surface area is 234 Å². The van der Waals surface area contributed by atoms with E-state index in [1.54, 1.807) is 11.0 Å². The fraction of sp³-hybridized carbons (Fsp3) is 0.333. The monoisotopic (exact) mass is 556 g/mol. The van der Waals surface area contributed by atoms with Crippen LogP contribution in [0.4, 0.5) is 0 Å². The second-order valence-electron chi connectivity index (χ2n) is 10.2. The van der Waals surface area contributed by atoms with Crippen LogP contribution in [0.25, 0.3) is 0 Å². The van der Waals surface area contributed by atoms with Crippen molar-refractivity contribution in [3.05, 3.63) is 105 Å². The standard InChI is InChI=1S/C30H34Cl2N2O2S/c1-21-10-12-23(13-11-21)18-34(28(35)20-37-19-24-14-15-25(31)26(32)16-24)27(29(36)33-30(2,3)4)17-22-8-6-5-7-9-22/h5-16,27H,17-20H2,1-4H3,(H,33,36). The van der Waals surface area contributed by atoms with Crippen molar-refractivity contribution in [3.8, 4) is 0 Å². The molecule has 37 heavy (non-hydrogen) atoms. The average Bonchev–Trinajstić information content (AvgIpc) is 2.84. The maximum Gasteiger partial charge on any atom is 0.243 e. The SMILES string of the molecule is Cc1ccc(CN(C(=O)CSCc2ccc(Cl)c(Cl)c2)C(Cc2ccccc2)C(=O)NC(C)(C)C)cc1. The molecule has 0 aliphatic heterocycles. The van der Waals surface area contributed by atoms with Gasteiger partial charge in [0.25, 0.3) is 0 Å². The zero-order valence-corrected chi connectivity index (χ0v) is 24.1. The maximum atomic E-state index is 13.7. The van der Waals surface area contributed by atoms with Crippen molar-refractivity contribution in [1.82, 2.24) is 10.2 Å². The molecule has 0 saturated heterocycles. The summed E-state index contributed by atoms with van der Waals surface area (Å²) in [4.78, 5) is 29.0. The Morgan fingerprint density at radius 3 is 2.16 bits per heavy atom. The van der Waals surface area contributed by atoms with Gasteiger partial charge in [0, 0.05) is 24.3 Å². The third-order valence-corrected chi connectivity index (χ3v) is 7.45. The van der Waals surface area contributed by atoms with Crippen LogP contribution in [0.2, 0.25) is 10.0 Å². The van der Waals surface area contributed by atoms with Gasteiger partial charge in [0.2, 0.25) is 11.8 Å². The molecule has 0 bridgehead atoms. The highest BCUT2D eigenvalue weighted by atomic mass is 35.5. The Hall–Kier alpha value is -2.47. The third-order valence-electron chi connectivity index (χ3n) is 5.72. The Kier molecular flexibility index (Phi) is 10.5. The lowest BCUT2D eigenvalue weighted by Crippen LogP contribution is -2.54. The van der Waals surface area contributed by atoms with Crippen LogP contribution in [-0.4, -0.2) is 34.0 Å². The molecule has 1 N–H and O–H groups in total. The van der Waals surface area contributed by atoms with Crippen LogP contribution in [0.1, 0.15) is 43.0 Å². The van der Waals surface area contributed by atoms with Gasteiger partial charge in [0.1, 0.15) is 6.04 Å². The smallest absolute Gasteiger partial charge is 0.243 e. The summed E-state index contributed by atoms with van der Waals surface area (Å²) in [5.74, 6) is 0.598. The van der Waals surface area contributed by atoms with E-state index < -0.39 is 11.6 Å². The van der Waals surface area contributed by atoms with E-state index in [4.69, 9.17) is 23.2 Å². The molecular weight excluding hydrogens is 523 g/mol. The molecule has 2 amide bonds. The highest BCUT2D eigenvalue weighted by Gasteiger charge is 2.32. The molecular formula is C30H34Cl2N2O2S. The fourth-order valence-electron chi connectivity index (χ4n) is 3.87. The molecule has 0 spiro atoms. The molecule has 0 radical (unpaired) electrons. The number of benzene rings is 3.